The number of hydrogen-bond acceptors (Lipinski definition) is 9. The Kier molecular flexibility index (Phi) is 8.32. The number of amides is 1. The predicted octanol–water partition coefficient (Wildman–Crippen LogP) is 3.22. The molecule has 41 heavy (non-hydrogen) atoms. The standard InChI is InChI=1S/C27H35N7O5S2/c1-16-9-10-17(11-22(16)34-15-21(30-32-34)23-14-28-26(33(23)5)40(7)36)25(35)29-19-12-18(27(2,3)4)13-20(24(19)39-6)31-41(8,37)38/h9-15,30-32H,1-8H3,(H,29,35). The maximum Gasteiger partial charge on any atom is 0.323 e. The number of imidazole rings is 1. The minimum absolute atomic E-state index is 0.200. The van der Waals surface area contributed by atoms with Gasteiger partial charge in [-0.15, -0.1) is 5.53 Å². The third-order valence-electron chi connectivity index (χ3n) is 6.48. The maximum atomic E-state index is 13.5. The second kappa shape index (κ2) is 11.3. The fourth-order valence-corrected chi connectivity index (χ4v) is 5.58. The van der Waals surface area contributed by atoms with Gasteiger partial charge in [0.2, 0.25) is 10.0 Å². The lowest BCUT2D eigenvalue weighted by atomic mass is 9.86. The molecule has 12 nitrogen and oxygen atoms in total. The topological polar surface area (TPSA) is 153 Å². The fraction of sp³-hybridized carbons (Fsp3) is 0.333. The molecular formula is C27H35N7O5S2. The number of aromatic nitrogens is 2. The van der Waals surface area contributed by atoms with Crippen LogP contribution in [0.1, 0.15) is 48.0 Å². The van der Waals surface area contributed by atoms with Gasteiger partial charge in [0.05, 0.1) is 54.2 Å². The van der Waals surface area contributed by atoms with Crippen LogP contribution in [0.4, 0.5) is 17.1 Å². The summed E-state index contributed by atoms with van der Waals surface area (Å²) in [5, 5.41) is 5.10. The molecule has 1 amide bonds. The number of ether oxygens (including phenoxy) is 1. The molecule has 0 saturated carbocycles. The summed E-state index contributed by atoms with van der Waals surface area (Å²) in [5.41, 5.74) is 10.6. The molecule has 0 saturated heterocycles. The molecule has 14 heteroatoms. The van der Waals surface area contributed by atoms with Crippen molar-refractivity contribution in [2.75, 3.05) is 34.7 Å². The molecule has 4 N–H and O–H groups in total. The molecule has 1 aliphatic rings. The largest absolute Gasteiger partial charge is 0.609 e. The second-order valence-corrected chi connectivity index (χ2v) is 13.8. The summed E-state index contributed by atoms with van der Waals surface area (Å²) >= 11 is -1.23. The number of sulfonamides is 1. The van der Waals surface area contributed by atoms with Gasteiger partial charge in [0.25, 0.3) is 5.91 Å². The molecule has 0 fully saturated rings. The van der Waals surface area contributed by atoms with Crippen molar-refractivity contribution in [3.05, 3.63) is 65.1 Å². The van der Waals surface area contributed by atoms with Gasteiger partial charge in [-0.2, -0.15) is 4.98 Å². The first-order valence-corrected chi connectivity index (χ1v) is 16.0. The third kappa shape index (κ3) is 6.62. The van der Waals surface area contributed by atoms with Crippen LogP contribution in [0.2, 0.25) is 0 Å². The number of anilines is 3. The van der Waals surface area contributed by atoms with Crippen LogP contribution in [0.15, 0.2) is 47.9 Å². The summed E-state index contributed by atoms with van der Waals surface area (Å²) < 4.78 is 45.8. The van der Waals surface area contributed by atoms with Gasteiger partial charge < -0.3 is 14.6 Å². The van der Waals surface area contributed by atoms with Gasteiger partial charge in [-0.1, -0.05) is 26.8 Å². The van der Waals surface area contributed by atoms with Crippen molar-refractivity contribution in [1.82, 2.24) is 20.5 Å². The Morgan fingerprint density at radius 2 is 1.85 bits per heavy atom. The molecule has 2 heterocycles. The lowest BCUT2D eigenvalue weighted by molar-refractivity contribution is 0.102. The SMILES string of the molecule is COc1c(NC(=O)c2ccc(C)c(N3C=C(c4cnc([S+](C)[O-])n4C)NN3)c2)cc(C(C)(C)C)cc1NS(C)(=O)=O. The van der Waals surface area contributed by atoms with Crippen LogP contribution >= 0.6 is 0 Å². The Balaban J connectivity index is 1.66. The van der Waals surface area contributed by atoms with E-state index in [1.165, 1.54) is 7.11 Å². The van der Waals surface area contributed by atoms with E-state index in [2.05, 4.69) is 26.0 Å². The Morgan fingerprint density at radius 3 is 2.44 bits per heavy atom. The van der Waals surface area contributed by atoms with Gasteiger partial charge in [0.15, 0.2) is 5.75 Å². The van der Waals surface area contributed by atoms with Gasteiger partial charge in [-0.05, 0) is 47.7 Å². The van der Waals surface area contributed by atoms with Crippen molar-refractivity contribution in [2.45, 2.75) is 38.3 Å². The molecule has 220 valence electrons. The number of benzene rings is 2. The minimum atomic E-state index is -3.61. The van der Waals surface area contributed by atoms with E-state index >= 15 is 0 Å². The quantitative estimate of drug-likeness (QED) is 0.285. The van der Waals surface area contributed by atoms with Crippen molar-refractivity contribution >= 4 is 49.9 Å². The smallest absolute Gasteiger partial charge is 0.323 e. The highest BCUT2D eigenvalue weighted by Gasteiger charge is 2.25. The molecule has 3 aromatic rings. The molecule has 0 radical (unpaired) electrons. The molecule has 1 atom stereocenters. The lowest BCUT2D eigenvalue weighted by Crippen LogP contribution is -2.36. The van der Waals surface area contributed by atoms with Crippen LogP contribution in [0.5, 0.6) is 5.75 Å². The monoisotopic (exact) mass is 601 g/mol. The molecule has 0 spiro atoms. The Morgan fingerprint density at radius 1 is 1.17 bits per heavy atom. The van der Waals surface area contributed by atoms with Crippen molar-refractivity contribution < 1.29 is 22.5 Å². The van der Waals surface area contributed by atoms with E-state index in [-0.39, 0.29) is 16.9 Å². The molecule has 4 rings (SSSR count). The van der Waals surface area contributed by atoms with Gasteiger partial charge in [-0.25, -0.2) is 8.42 Å². The number of nitrogens with one attached hydrogen (secondary N) is 4. The second-order valence-electron chi connectivity index (χ2n) is 10.8. The Bertz CT molecular complexity index is 1630. The van der Waals surface area contributed by atoms with Crippen LogP contribution < -0.4 is 30.7 Å². The summed E-state index contributed by atoms with van der Waals surface area (Å²) in [4.78, 5) is 17.7. The van der Waals surface area contributed by atoms with Crippen LogP contribution in [0, 0.1) is 6.92 Å². The highest BCUT2D eigenvalue weighted by atomic mass is 32.2. The summed E-state index contributed by atoms with van der Waals surface area (Å²) in [6, 6.07) is 8.77. The third-order valence-corrected chi connectivity index (χ3v) is 7.97. The zero-order valence-electron chi connectivity index (χ0n) is 24.2. The summed E-state index contributed by atoms with van der Waals surface area (Å²) in [6.45, 7) is 7.89. The van der Waals surface area contributed by atoms with Crippen LogP contribution in [-0.4, -0.2) is 48.1 Å². The normalized spacial score (nSPS) is 14.4. The number of carbonyl (C=O) groups excluding carboxylic acids is 1. The number of hydrazine groups is 2. The Hall–Kier alpha value is -3.72. The number of aryl methyl sites for hydroxylation is 1. The Labute approximate surface area is 243 Å². The highest BCUT2D eigenvalue weighted by Crippen LogP contribution is 2.39. The molecule has 1 unspecified atom stereocenters. The molecular weight excluding hydrogens is 566 g/mol. The van der Waals surface area contributed by atoms with Gasteiger partial charge in [-0.3, -0.25) is 24.5 Å². The predicted molar refractivity (Wildman–Crippen MR) is 162 cm³/mol. The molecule has 0 aliphatic carbocycles. The maximum absolute atomic E-state index is 13.5. The fourth-order valence-electron chi connectivity index (χ4n) is 4.34. The van der Waals surface area contributed by atoms with E-state index in [0.29, 0.717) is 22.1 Å². The number of methoxy groups -OCH3 is 1. The van der Waals surface area contributed by atoms with Gasteiger partial charge in [0, 0.05) is 23.8 Å². The highest BCUT2D eigenvalue weighted by molar-refractivity contribution is 7.92. The summed E-state index contributed by atoms with van der Waals surface area (Å²) in [5.74, 6) is -0.204. The lowest BCUT2D eigenvalue weighted by Gasteiger charge is -2.24. The number of rotatable bonds is 8. The van der Waals surface area contributed by atoms with E-state index in [4.69, 9.17) is 4.74 Å². The average Bonchev–Trinajstić information content (AvgIpc) is 3.49. The first kappa shape index (κ1) is 30.2. The summed E-state index contributed by atoms with van der Waals surface area (Å²) in [6.07, 6.45) is 6.10. The van der Waals surface area contributed by atoms with Crippen LogP contribution in [0.3, 0.4) is 0 Å². The first-order valence-electron chi connectivity index (χ1n) is 12.6. The van der Waals surface area contributed by atoms with Gasteiger partial charge >= 0.3 is 5.16 Å². The van der Waals surface area contributed by atoms with Crippen LogP contribution in [0.25, 0.3) is 5.70 Å². The van der Waals surface area contributed by atoms with E-state index in [0.717, 1.165) is 28.8 Å². The van der Waals surface area contributed by atoms with E-state index < -0.39 is 27.1 Å². The number of hydrogen-bond donors (Lipinski definition) is 4. The molecule has 0 bridgehead atoms. The number of carbonyl (C=O) groups is 1. The average molecular weight is 602 g/mol. The van der Waals surface area contributed by atoms with E-state index in [1.807, 2.05) is 40.0 Å². The van der Waals surface area contributed by atoms with Crippen molar-refractivity contribution in [2.24, 2.45) is 7.05 Å². The van der Waals surface area contributed by atoms with Gasteiger partial charge in [0.1, 0.15) is 6.26 Å². The zero-order chi connectivity index (χ0) is 30.3. The minimum Gasteiger partial charge on any atom is -0.609 e. The van der Waals surface area contributed by atoms with E-state index in [9.17, 15) is 17.8 Å². The molecule has 1 aromatic heterocycles. The number of nitrogens with zero attached hydrogens (tertiary/aromatic N) is 3. The van der Waals surface area contributed by atoms with Crippen LogP contribution in [-0.2, 0) is 33.7 Å². The van der Waals surface area contributed by atoms with E-state index in [1.54, 1.807) is 53.3 Å². The molecule has 2 aromatic carbocycles. The summed E-state index contributed by atoms with van der Waals surface area (Å²) in [7, 11) is -0.400. The first-order chi connectivity index (χ1) is 19.1. The van der Waals surface area contributed by atoms with Crippen molar-refractivity contribution in [3.8, 4) is 5.75 Å². The van der Waals surface area contributed by atoms with Crippen molar-refractivity contribution in [3.63, 3.8) is 0 Å². The van der Waals surface area contributed by atoms with Crippen molar-refractivity contribution in [1.29, 1.82) is 0 Å². The zero-order valence-corrected chi connectivity index (χ0v) is 25.9. The molecule has 1 aliphatic heterocycles.